The lowest BCUT2D eigenvalue weighted by atomic mass is 10.1. The van der Waals surface area contributed by atoms with Crippen LogP contribution in [0.3, 0.4) is 0 Å². The van der Waals surface area contributed by atoms with Gasteiger partial charge in [0.25, 0.3) is 17.7 Å². The molecule has 0 aliphatic carbocycles. The predicted molar refractivity (Wildman–Crippen MR) is 136 cm³/mol. The molecule has 3 N–H and O–H groups in total. The van der Waals surface area contributed by atoms with Crippen LogP contribution in [0.5, 0.6) is 0 Å². The minimum absolute atomic E-state index is 0.0787. The van der Waals surface area contributed by atoms with Crippen molar-refractivity contribution in [3.05, 3.63) is 64.1 Å². The van der Waals surface area contributed by atoms with Crippen molar-refractivity contribution < 1.29 is 28.8 Å². The van der Waals surface area contributed by atoms with Gasteiger partial charge in [-0.15, -0.1) is 0 Å². The Balaban J connectivity index is 1.28. The van der Waals surface area contributed by atoms with Gasteiger partial charge in [-0.25, -0.2) is 4.79 Å². The van der Waals surface area contributed by atoms with Crippen LogP contribution in [0.15, 0.2) is 51.8 Å². The predicted octanol–water partition coefficient (Wildman–Crippen LogP) is 1.31. The zero-order valence-electron chi connectivity index (χ0n) is 20.7. The first-order valence-corrected chi connectivity index (χ1v) is 12.3. The van der Waals surface area contributed by atoms with E-state index in [-0.39, 0.29) is 24.9 Å². The lowest BCUT2D eigenvalue weighted by Gasteiger charge is -2.34. The number of rotatable bonds is 6. The minimum atomic E-state index is -1.77. The normalized spacial score (nSPS) is 18.5. The fraction of sp³-hybridized carbons (Fsp3) is 0.346. The molecule has 198 valence electrons. The Bertz CT molecular complexity index is 1410. The van der Waals surface area contributed by atoms with E-state index in [0.29, 0.717) is 35.6 Å². The molecule has 5 rings (SSSR count). The highest BCUT2D eigenvalue weighted by Crippen LogP contribution is 2.25. The number of hydrogen-bond donors (Lipinski definition) is 3. The summed E-state index contributed by atoms with van der Waals surface area (Å²) < 4.78 is 9.98. The van der Waals surface area contributed by atoms with Crippen molar-refractivity contribution in [3.63, 3.8) is 0 Å². The second-order valence-electron chi connectivity index (χ2n) is 9.29. The summed E-state index contributed by atoms with van der Waals surface area (Å²) >= 11 is 0. The van der Waals surface area contributed by atoms with Crippen LogP contribution in [0.4, 0.5) is 11.4 Å². The average molecular weight is 522 g/mol. The van der Waals surface area contributed by atoms with Gasteiger partial charge in [-0.1, -0.05) is 5.16 Å². The first-order valence-electron chi connectivity index (χ1n) is 12.3. The molecule has 3 aromatic rings. The molecule has 2 aliphatic heterocycles. The molecule has 0 bridgehead atoms. The fourth-order valence-corrected chi connectivity index (χ4v) is 4.65. The molecule has 0 spiro atoms. The van der Waals surface area contributed by atoms with Crippen molar-refractivity contribution in [3.8, 4) is 11.4 Å². The Morgan fingerprint density at radius 3 is 2.53 bits per heavy atom. The molecule has 0 saturated carbocycles. The molecule has 0 unspecified atom stereocenters. The number of likely N-dealkylation sites (tertiary alicyclic amines) is 1. The molecule has 12 heteroatoms. The molecule has 3 amide bonds. The minimum Gasteiger partial charge on any atom is -0.380 e. The van der Waals surface area contributed by atoms with E-state index in [1.165, 1.54) is 4.90 Å². The number of hydrogen-bond acceptors (Lipinski definition) is 8. The number of nitrogens with zero attached hydrogens (tertiary/aromatic N) is 3. The summed E-state index contributed by atoms with van der Waals surface area (Å²) in [4.78, 5) is 55.8. The van der Waals surface area contributed by atoms with E-state index in [1.54, 1.807) is 47.4 Å². The first-order chi connectivity index (χ1) is 18.3. The third-order valence-corrected chi connectivity index (χ3v) is 6.56. The van der Waals surface area contributed by atoms with Crippen LogP contribution in [-0.4, -0.2) is 76.3 Å². The summed E-state index contributed by atoms with van der Waals surface area (Å²) in [5.41, 5.74) is 2.73. The zero-order valence-corrected chi connectivity index (χ0v) is 20.7. The number of nitrogens with one attached hydrogen (secondary N) is 2. The largest absolute Gasteiger partial charge is 0.439 e. The fourth-order valence-electron chi connectivity index (χ4n) is 4.65. The maximum absolute atomic E-state index is 13.3. The Morgan fingerprint density at radius 2 is 1.84 bits per heavy atom. The van der Waals surface area contributed by atoms with Crippen molar-refractivity contribution in [1.29, 1.82) is 0 Å². The quantitative estimate of drug-likeness (QED) is 0.438. The Morgan fingerprint density at radius 1 is 1.11 bits per heavy atom. The molecule has 2 saturated heterocycles. The Hall–Kier alpha value is -4.29. The van der Waals surface area contributed by atoms with Gasteiger partial charge in [0.05, 0.1) is 6.61 Å². The molecule has 2 aliphatic rings. The second-order valence-corrected chi connectivity index (χ2v) is 9.29. The van der Waals surface area contributed by atoms with Crippen LogP contribution in [-0.2, 0) is 14.3 Å². The van der Waals surface area contributed by atoms with Gasteiger partial charge in [0, 0.05) is 42.1 Å². The van der Waals surface area contributed by atoms with Crippen molar-refractivity contribution in [2.45, 2.75) is 32.0 Å². The number of carbonyl (C=O) groups is 3. The summed E-state index contributed by atoms with van der Waals surface area (Å²) in [6.07, 6.45) is -1.24. The zero-order chi connectivity index (χ0) is 26.8. The van der Waals surface area contributed by atoms with Gasteiger partial charge in [0.1, 0.15) is 0 Å². The highest BCUT2D eigenvalue weighted by molar-refractivity contribution is 6.04. The van der Waals surface area contributed by atoms with Crippen LogP contribution in [0, 0.1) is 6.92 Å². The first kappa shape index (κ1) is 25.4. The number of aliphatic hydroxyl groups is 1. The number of H-pyrrole nitrogens is 1. The van der Waals surface area contributed by atoms with Crippen molar-refractivity contribution in [1.82, 2.24) is 15.0 Å². The van der Waals surface area contributed by atoms with Crippen LogP contribution >= 0.6 is 0 Å². The van der Waals surface area contributed by atoms with Gasteiger partial charge >= 0.3 is 5.76 Å². The summed E-state index contributed by atoms with van der Waals surface area (Å²) in [6, 6.07) is 11.5. The summed E-state index contributed by atoms with van der Waals surface area (Å²) in [5, 5.41) is 16.9. The van der Waals surface area contributed by atoms with E-state index in [9.17, 15) is 24.3 Å². The Labute approximate surface area is 217 Å². The van der Waals surface area contributed by atoms with Crippen LogP contribution in [0.1, 0.15) is 28.8 Å². The standard InChI is InChI=1S/C26H27N5O7/c1-15-12-17(24(34)30-8-2-3-9-30)14-19(13-15)31-10-11-37-21(25(31)35)20(32)23(33)27-18-6-4-16(5-7-18)22-28-26(36)38-29-22/h4-7,12-14,20-21,32H,2-3,8-11H2,1H3,(H,27,33)(H,28,29,36)/t20-,21-/m1/s1. The topological polar surface area (TPSA) is 158 Å². The lowest BCUT2D eigenvalue weighted by Crippen LogP contribution is -2.55. The van der Waals surface area contributed by atoms with Gasteiger partial charge in [0.2, 0.25) is 0 Å². The van der Waals surface area contributed by atoms with Crippen LogP contribution in [0.25, 0.3) is 11.4 Å². The van der Waals surface area contributed by atoms with Crippen molar-refractivity contribution in [2.24, 2.45) is 0 Å². The van der Waals surface area contributed by atoms with E-state index >= 15 is 0 Å². The third kappa shape index (κ3) is 5.22. The number of ether oxygens (including phenoxy) is 1. The highest BCUT2D eigenvalue weighted by atomic mass is 16.5. The number of aliphatic hydroxyl groups excluding tert-OH is 1. The van der Waals surface area contributed by atoms with E-state index < -0.39 is 29.8 Å². The number of morpholine rings is 1. The SMILES string of the molecule is Cc1cc(C(=O)N2CCCC2)cc(N2CCO[C@H]([C@@H](O)C(=O)Nc3ccc(-c4noc(=O)[nH]4)cc3)C2=O)c1. The van der Waals surface area contributed by atoms with Crippen LogP contribution in [0.2, 0.25) is 0 Å². The number of benzene rings is 2. The monoisotopic (exact) mass is 521 g/mol. The smallest absolute Gasteiger partial charge is 0.380 e. The number of amides is 3. The molecule has 12 nitrogen and oxygen atoms in total. The van der Waals surface area contributed by atoms with Crippen LogP contribution < -0.4 is 16.0 Å². The average Bonchev–Trinajstić information content (AvgIpc) is 3.60. The molecule has 2 aromatic carbocycles. The molecular formula is C26H27N5O7. The van der Waals surface area contributed by atoms with E-state index in [2.05, 4.69) is 20.0 Å². The molecular weight excluding hydrogens is 494 g/mol. The number of anilines is 2. The second kappa shape index (κ2) is 10.6. The lowest BCUT2D eigenvalue weighted by molar-refractivity contribution is -0.150. The van der Waals surface area contributed by atoms with Gasteiger partial charge < -0.3 is 25.0 Å². The molecule has 3 heterocycles. The van der Waals surface area contributed by atoms with E-state index in [1.807, 2.05) is 6.92 Å². The maximum atomic E-state index is 13.3. The number of aromatic amines is 1. The third-order valence-electron chi connectivity index (χ3n) is 6.56. The van der Waals surface area contributed by atoms with Gasteiger partial charge in [-0.05, 0) is 67.8 Å². The van der Waals surface area contributed by atoms with E-state index in [0.717, 1.165) is 18.4 Å². The molecule has 38 heavy (non-hydrogen) atoms. The van der Waals surface area contributed by atoms with Crippen molar-refractivity contribution >= 4 is 29.1 Å². The van der Waals surface area contributed by atoms with Gasteiger partial charge in [0.15, 0.2) is 18.0 Å². The molecule has 0 radical (unpaired) electrons. The summed E-state index contributed by atoms with van der Waals surface area (Å²) in [7, 11) is 0. The van der Waals surface area contributed by atoms with Crippen molar-refractivity contribution in [2.75, 3.05) is 36.5 Å². The summed E-state index contributed by atoms with van der Waals surface area (Å²) in [5.74, 6) is -1.93. The number of carbonyl (C=O) groups excluding carboxylic acids is 3. The maximum Gasteiger partial charge on any atom is 0.439 e. The molecule has 2 fully saturated rings. The van der Waals surface area contributed by atoms with E-state index in [4.69, 9.17) is 4.74 Å². The Kier molecular flexibility index (Phi) is 7.07. The number of aryl methyl sites for hydroxylation is 1. The van der Waals surface area contributed by atoms with Gasteiger partial charge in [-0.3, -0.25) is 23.9 Å². The molecule has 2 atom stereocenters. The number of aromatic nitrogens is 2. The summed E-state index contributed by atoms with van der Waals surface area (Å²) in [6.45, 7) is 3.60. The molecule has 1 aromatic heterocycles. The van der Waals surface area contributed by atoms with Gasteiger partial charge in [-0.2, -0.15) is 0 Å². The highest BCUT2D eigenvalue weighted by Gasteiger charge is 2.39.